The van der Waals surface area contributed by atoms with Gasteiger partial charge in [0.15, 0.2) is 0 Å². The second kappa shape index (κ2) is 10.1. The van der Waals surface area contributed by atoms with Gasteiger partial charge in [-0.15, -0.1) is 0 Å². The van der Waals surface area contributed by atoms with Crippen LogP contribution in [0.5, 0.6) is 0 Å². The summed E-state index contributed by atoms with van der Waals surface area (Å²) in [6.07, 6.45) is 2.40. The molecule has 0 aliphatic heterocycles. The van der Waals surface area contributed by atoms with E-state index in [0.29, 0.717) is 12.3 Å². The summed E-state index contributed by atoms with van der Waals surface area (Å²) < 4.78 is 5.19. The Morgan fingerprint density at radius 3 is 2.11 bits per heavy atom. The maximum absolute atomic E-state index is 12.3. The van der Waals surface area contributed by atoms with E-state index in [1.165, 1.54) is 0 Å². The molecule has 0 saturated heterocycles. The quantitative estimate of drug-likeness (QED) is 0.442. The van der Waals surface area contributed by atoms with Crippen molar-refractivity contribution in [2.45, 2.75) is 33.1 Å². The summed E-state index contributed by atoms with van der Waals surface area (Å²) in [5, 5.41) is 5.09. The molecule has 6 nitrogen and oxygen atoms in total. The van der Waals surface area contributed by atoms with Crippen LogP contribution in [0, 0.1) is 0 Å². The molecule has 2 N–H and O–H groups in total. The smallest absolute Gasteiger partial charge is 0.340 e. The zero-order chi connectivity index (χ0) is 19.6. The predicted molar refractivity (Wildman–Crippen MR) is 105 cm³/mol. The van der Waals surface area contributed by atoms with E-state index < -0.39 is 17.8 Å². The number of rotatable bonds is 7. The molecule has 0 atom stereocenters. The summed E-state index contributed by atoms with van der Waals surface area (Å²) in [6, 6.07) is 13.7. The van der Waals surface area contributed by atoms with Crippen molar-refractivity contribution in [2.75, 3.05) is 17.2 Å². The molecule has 0 aliphatic rings. The Hall–Kier alpha value is -3.15. The highest BCUT2D eigenvalue weighted by Gasteiger charge is 2.19. The number of carbonyl (C=O) groups is 3. The lowest BCUT2D eigenvalue weighted by Crippen LogP contribution is -2.30. The minimum atomic E-state index is -0.852. The van der Waals surface area contributed by atoms with Crippen LogP contribution in [-0.4, -0.2) is 24.4 Å². The van der Waals surface area contributed by atoms with Crippen LogP contribution in [-0.2, 0) is 20.7 Å². The number of carbonyl (C=O) groups excluding carboxylic acids is 3. The molecule has 0 heterocycles. The van der Waals surface area contributed by atoms with Crippen molar-refractivity contribution in [2.24, 2.45) is 0 Å². The fraction of sp³-hybridized carbons (Fsp3) is 0.286. The van der Waals surface area contributed by atoms with Crippen molar-refractivity contribution in [1.29, 1.82) is 0 Å². The summed E-state index contributed by atoms with van der Waals surface area (Å²) >= 11 is 0. The summed E-state index contributed by atoms with van der Waals surface area (Å²) in [7, 11) is 0. The van der Waals surface area contributed by atoms with Crippen LogP contribution in [0.1, 0.15) is 42.6 Å². The molecule has 0 spiro atoms. The van der Waals surface area contributed by atoms with Gasteiger partial charge in [0.1, 0.15) is 0 Å². The predicted octanol–water partition coefficient (Wildman–Crippen LogP) is 3.78. The monoisotopic (exact) mass is 368 g/mol. The number of anilines is 2. The number of ether oxygens (including phenoxy) is 1. The van der Waals surface area contributed by atoms with Crippen LogP contribution in [0.4, 0.5) is 11.4 Å². The molecular formula is C21H24N2O4. The summed E-state index contributed by atoms with van der Waals surface area (Å²) in [5.41, 5.74) is 1.97. The fourth-order valence-corrected chi connectivity index (χ4v) is 2.47. The second-order valence-corrected chi connectivity index (χ2v) is 5.95. The number of amides is 2. The Kier molecular flexibility index (Phi) is 7.55. The average molecular weight is 368 g/mol. The lowest BCUT2D eigenvalue weighted by atomic mass is 10.1. The van der Waals surface area contributed by atoms with Crippen molar-refractivity contribution in [3.63, 3.8) is 0 Å². The van der Waals surface area contributed by atoms with E-state index in [2.05, 4.69) is 10.6 Å². The maximum Gasteiger partial charge on any atom is 0.340 e. The van der Waals surface area contributed by atoms with E-state index in [9.17, 15) is 14.4 Å². The first kappa shape index (κ1) is 20.2. The first-order chi connectivity index (χ1) is 13.1. The van der Waals surface area contributed by atoms with Gasteiger partial charge in [-0.1, -0.05) is 50.6 Å². The van der Waals surface area contributed by atoms with Crippen LogP contribution >= 0.6 is 0 Å². The molecule has 0 fully saturated rings. The molecule has 0 unspecified atom stereocenters. The van der Waals surface area contributed by atoms with Crippen LogP contribution < -0.4 is 10.6 Å². The summed E-state index contributed by atoms with van der Waals surface area (Å²) in [6.45, 7) is 4.27. The molecule has 2 aromatic carbocycles. The van der Waals surface area contributed by atoms with Gasteiger partial charge in [-0.2, -0.15) is 0 Å². The third-order valence-corrected chi connectivity index (χ3v) is 3.98. The van der Waals surface area contributed by atoms with Crippen LogP contribution in [0.25, 0.3) is 0 Å². The number of unbranched alkanes of at least 4 members (excludes halogenated alkanes) is 1. The van der Waals surface area contributed by atoms with Gasteiger partial charge < -0.3 is 15.4 Å². The van der Waals surface area contributed by atoms with E-state index in [-0.39, 0.29) is 11.3 Å². The summed E-state index contributed by atoms with van der Waals surface area (Å²) in [5.74, 6) is -2.18. The third-order valence-electron chi connectivity index (χ3n) is 3.98. The van der Waals surface area contributed by atoms with Gasteiger partial charge in [0, 0.05) is 5.69 Å². The van der Waals surface area contributed by atoms with Crippen LogP contribution in [0.2, 0.25) is 0 Å². The van der Waals surface area contributed by atoms with E-state index in [4.69, 9.17) is 4.74 Å². The average Bonchev–Trinajstić information content (AvgIpc) is 2.68. The molecule has 6 heteroatoms. The van der Waals surface area contributed by atoms with Crippen molar-refractivity contribution in [3.05, 3.63) is 59.7 Å². The van der Waals surface area contributed by atoms with Gasteiger partial charge in [0.25, 0.3) is 0 Å². The lowest BCUT2D eigenvalue weighted by molar-refractivity contribution is -0.133. The normalized spacial score (nSPS) is 10.1. The highest BCUT2D eigenvalue weighted by Crippen LogP contribution is 2.18. The minimum Gasteiger partial charge on any atom is -0.462 e. The number of para-hydroxylation sites is 2. The Bertz CT molecular complexity index is 817. The number of hydrogen-bond acceptors (Lipinski definition) is 4. The van der Waals surface area contributed by atoms with Gasteiger partial charge >= 0.3 is 17.8 Å². The second-order valence-electron chi connectivity index (χ2n) is 5.95. The van der Waals surface area contributed by atoms with Crippen molar-refractivity contribution >= 4 is 29.2 Å². The number of hydrogen-bond donors (Lipinski definition) is 2. The van der Waals surface area contributed by atoms with E-state index in [0.717, 1.165) is 24.8 Å². The zero-order valence-corrected chi connectivity index (χ0v) is 15.6. The molecule has 2 aromatic rings. The topological polar surface area (TPSA) is 84.5 Å². The van der Waals surface area contributed by atoms with Gasteiger partial charge in [-0.25, -0.2) is 4.79 Å². The number of esters is 1. The first-order valence-electron chi connectivity index (χ1n) is 9.03. The number of benzene rings is 2. The Morgan fingerprint density at radius 2 is 1.44 bits per heavy atom. The zero-order valence-electron chi connectivity index (χ0n) is 15.6. The summed E-state index contributed by atoms with van der Waals surface area (Å²) in [4.78, 5) is 36.7. The van der Waals surface area contributed by atoms with Crippen LogP contribution in [0.15, 0.2) is 48.5 Å². The highest BCUT2D eigenvalue weighted by molar-refractivity contribution is 6.44. The van der Waals surface area contributed by atoms with Gasteiger partial charge in [0.05, 0.1) is 17.9 Å². The van der Waals surface area contributed by atoms with Crippen molar-refractivity contribution in [3.8, 4) is 0 Å². The van der Waals surface area contributed by atoms with Crippen LogP contribution in [0.3, 0.4) is 0 Å². The molecule has 2 rings (SSSR count). The Labute approximate surface area is 158 Å². The standard InChI is InChI=1S/C21H24N2O4/c1-3-5-14-27-21(26)16-11-7-9-13-18(16)23-20(25)19(24)22-17-12-8-6-10-15(17)4-2/h6-13H,3-5,14H2,1-2H3,(H,22,24)(H,23,25). The SMILES string of the molecule is CCCCOC(=O)c1ccccc1NC(=O)C(=O)Nc1ccccc1CC. The molecule has 142 valence electrons. The van der Waals surface area contributed by atoms with Crippen molar-refractivity contribution < 1.29 is 19.1 Å². The van der Waals surface area contributed by atoms with Crippen molar-refractivity contribution in [1.82, 2.24) is 0 Å². The molecule has 0 aromatic heterocycles. The Balaban J connectivity index is 2.07. The van der Waals surface area contributed by atoms with E-state index >= 15 is 0 Å². The highest BCUT2D eigenvalue weighted by atomic mass is 16.5. The molecule has 27 heavy (non-hydrogen) atoms. The largest absolute Gasteiger partial charge is 0.462 e. The molecular weight excluding hydrogens is 344 g/mol. The maximum atomic E-state index is 12.3. The fourth-order valence-electron chi connectivity index (χ4n) is 2.47. The molecule has 0 radical (unpaired) electrons. The molecule has 0 saturated carbocycles. The van der Waals surface area contributed by atoms with Gasteiger partial charge in [-0.3, -0.25) is 9.59 Å². The Morgan fingerprint density at radius 1 is 0.852 bits per heavy atom. The van der Waals surface area contributed by atoms with Gasteiger partial charge in [-0.05, 0) is 36.6 Å². The van der Waals surface area contributed by atoms with E-state index in [1.807, 2.05) is 26.0 Å². The van der Waals surface area contributed by atoms with E-state index in [1.54, 1.807) is 36.4 Å². The molecule has 2 amide bonds. The number of nitrogens with one attached hydrogen (secondary N) is 2. The van der Waals surface area contributed by atoms with Gasteiger partial charge in [0.2, 0.25) is 0 Å². The third kappa shape index (κ3) is 5.67. The lowest BCUT2D eigenvalue weighted by Gasteiger charge is -2.12. The molecule has 0 bridgehead atoms. The molecule has 0 aliphatic carbocycles. The first-order valence-corrected chi connectivity index (χ1v) is 9.03. The number of aryl methyl sites for hydroxylation is 1. The minimum absolute atomic E-state index is 0.212.